The zero-order chi connectivity index (χ0) is 10.4. The summed E-state index contributed by atoms with van der Waals surface area (Å²) in [4.78, 5) is 22.0. The third-order valence-electron chi connectivity index (χ3n) is 1.49. The van der Waals surface area contributed by atoms with Crippen molar-refractivity contribution >= 4 is 18.2 Å². The Kier molecular flexibility index (Phi) is 4.66. The third kappa shape index (κ3) is 3.64. The van der Waals surface area contributed by atoms with E-state index in [1.807, 2.05) is 0 Å². The Morgan fingerprint density at radius 3 is 2.46 bits per heavy atom. The van der Waals surface area contributed by atoms with E-state index in [9.17, 15) is 9.59 Å². The minimum atomic E-state index is -0.731. The van der Waals surface area contributed by atoms with Crippen LogP contribution in [0.15, 0.2) is 12.2 Å². The van der Waals surface area contributed by atoms with Gasteiger partial charge in [-0.2, -0.15) is 0 Å². The first-order valence-corrected chi connectivity index (χ1v) is 3.95. The van der Waals surface area contributed by atoms with Crippen LogP contribution in [0.1, 0.15) is 20.3 Å². The van der Waals surface area contributed by atoms with Gasteiger partial charge in [0.05, 0.1) is 5.92 Å². The van der Waals surface area contributed by atoms with Crippen LogP contribution in [-0.4, -0.2) is 18.2 Å². The van der Waals surface area contributed by atoms with E-state index >= 15 is 0 Å². The van der Waals surface area contributed by atoms with Gasteiger partial charge in [0.25, 0.3) is 0 Å². The number of hydrogen-bond acceptors (Lipinski definition) is 4. The van der Waals surface area contributed by atoms with Crippen LogP contribution in [-0.2, 0) is 14.3 Å². The fourth-order valence-electron chi connectivity index (χ4n) is 0.607. The van der Waals surface area contributed by atoms with Crippen LogP contribution >= 0.6 is 0 Å². The summed E-state index contributed by atoms with van der Waals surface area (Å²) >= 11 is 0. The first kappa shape index (κ1) is 11.6. The standard InChI is InChI=1S/C9H13NO3/c1-4-7(5-10)9(12)13-8(11)6(2)3/h5,7,10H,2,4H2,1,3H3. The van der Waals surface area contributed by atoms with Gasteiger partial charge in [-0.25, -0.2) is 4.79 Å². The lowest BCUT2D eigenvalue weighted by Crippen LogP contribution is -2.21. The molecule has 0 spiro atoms. The van der Waals surface area contributed by atoms with Gasteiger partial charge in [0.2, 0.25) is 0 Å². The normalized spacial score (nSPS) is 11.5. The van der Waals surface area contributed by atoms with Crippen molar-refractivity contribution in [1.82, 2.24) is 0 Å². The average molecular weight is 183 g/mol. The summed E-state index contributed by atoms with van der Waals surface area (Å²) in [6.07, 6.45) is 1.42. The van der Waals surface area contributed by atoms with E-state index in [1.165, 1.54) is 6.92 Å². The molecular weight excluding hydrogens is 170 g/mol. The third-order valence-corrected chi connectivity index (χ3v) is 1.49. The number of carbonyl (C=O) groups is 2. The van der Waals surface area contributed by atoms with E-state index in [0.29, 0.717) is 6.42 Å². The summed E-state index contributed by atoms with van der Waals surface area (Å²) < 4.78 is 4.43. The molecule has 0 aromatic carbocycles. The SMILES string of the molecule is C=C(C)C(=O)OC(=O)C(C=N)CC. The summed E-state index contributed by atoms with van der Waals surface area (Å²) in [6, 6.07) is 0. The van der Waals surface area contributed by atoms with Crippen molar-refractivity contribution in [1.29, 1.82) is 5.41 Å². The number of esters is 2. The molecule has 0 radical (unpaired) electrons. The average Bonchev–Trinajstić information content (AvgIpc) is 2.06. The molecule has 0 aliphatic heterocycles. The largest absolute Gasteiger partial charge is 0.389 e. The van der Waals surface area contributed by atoms with Crippen LogP contribution in [0.3, 0.4) is 0 Å². The van der Waals surface area contributed by atoms with Gasteiger partial charge in [-0.3, -0.25) is 4.79 Å². The van der Waals surface area contributed by atoms with E-state index in [-0.39, 0.29) is 5.57 Å². The smallest absolute Gasteiger partial charge is 0.340 e. The maximum atomic E-state index is 11.1. The summed E-state index contributed by atoms with van der Waals surface area (Å²) in [7, 11) is 0. The van der Waals surface area contributed by atoms with Gasteiger partial charge in [-0.1, -0.05) is 13.5 Å². The minimum Gasteiger partial charge on any atom is -0.389 e. The van der Waals surface area contributed by atoms with Crippen molar-refractivity contribution in [2.45, 2.75) is 20.3 Å². The molecule has 0 aromatic heterocycles. The van der Waals surface area contributed by atoms with Crippen LogP contribution in [0.5, 0.6) is 0 Å². The van der Waals surface area contributed by atoms with Crippen molar-refractivity contribution in [3.8, 4) is 0 Å². The Labute approximate surface area is 77.1 Å². The second-order valence-electron chi connectivity index (χ2n) is 2.67. The van der Waals surface area contributed by atoms with Crippen molar-refractivity contribution in [2.24, 2.45) is 5.92 Å². The number of ether oxygens (including phenoxy) is 1. The molecule has 0 rings (SSSR count). The van der Waals surface area contributed by atoms with E-state index in [2.05, 4.69) is 11.3 Å². The Morgan fingerprint density at radius 1 is 1.62 bits per heavy atom. The molecule has 0 aromatic rings. The molecule has 1 N–H and O–H groups in total. The van der Waals surface area contributed by atoms with E-state index < -0.39 is 17.9 Å². The summed E-state index contributed by atoms with van der Waals surface area (Å²) in [6.45, 7) is 6.53. The monoisotopic (exact) mass is 183 g/mol. The lowest BCUT2D eigenvalue weighted by Gasteiger charge is -2.06. The highest BCUT2D eigenvalue weighted by atomic mass is 16.6. The molecule has 0 saturated heterocycles. The van der Waals surface area contributed by atoms with Crippen LogP contribution < -0.4 is 0 Å². The summed E-state index contributed by atoms with van der Waals surface area (Å²) in [5.41, 5.74) is 0.174. The Balaban J connectivity index is 4.21. The van der Waals surface area contributed by atoms with Crippen LogP contribution in [0.2, 0.25) is 0 Å². The topological polar surface area (TPSA) is 67.2 Å². The predicted molar refractivity (Wildman–Crippen MR) is 48.5 cm³/mol. The number of hydrogen-bond donors (Lipinski definition) is 1. The predicted octanol–water partition coefficient (Wildman–Crippen LogP) is 1.31. The van der Waals surface area contributed by atoms with Gasteiger partial charge in [-0.15, -0.1) is 0 Å². The number of nitrogens with one attached hydrogen (secondary N) is 1. The van der Waals surface area contributed by atoms with Gasteiger partial charge >= 0.3 is 11.9 Å². The van der Waals surface area contributed by atoms with Crippen LogP contribution in [0, 0.1) is 11.3 Å². The Morgan fingerprint density at radius 2 is 2.15 bits per heavy atom. The highest BCUT2D eigenvalue weighted by Gasteiger charge is 2.18. The van der Waals surface area contributed by atoms with Gasteiger partial charge < -0.3 is 10.1 Å². The molecule has 13 heavy (non-hydrogen) atoms. The molecule has 0 amide bonds. The van der Waals surface area contributed by atoms with Crippen molar-refractivity contribution in [2.75, 3.05) is 0 Å². The molecule has 0 saturated carbocycles. The van der Waals surface area contributed by atoms with E-state index in [4.69, 9.17) is 5.41 Å². The molecule has 4 nitrogen and oxygen atoms in total. The second-order valence-corrected chi connectivity index (χ2v) is 2.67. The van der Waals surface area contributed by atoms with Gasteiger partial charge in [0, 0.05) is 11.8 Å². The molecule has 1 atom stereocenters. The van der Waals surface area contributed by atoms with Gasteiger partial charge in [-0.05, 0) is 13.3 Å². The second kappa shape index (κ2) is 5.24. The summed E-state index contributed by atoms with van der Waals surface area (Å²) in [5, 5.41) is 6.88. The maximum absolute atomic E-state index is 11.1. The number of rotatable bonds is 4. The van der Waals surface area contributed by atoms with Gasteiger partial charge in [0.15, 0.2) is 0 Å². The first-order chi connectivity index (χ1) is 6.02. The lowest BCUT2D eigenvalue weighted by molar-refractivity contribution is -0.158. The van der Waals surface area contributed by atoms with Crippen LogP contribution in [0.4, 0.5) is 0 Å². The molecule has 0 bridgehead atoms. The zero-order valence-electron chi connectivity index (χ0n) is 7.79. The number of carbonyl (C=O) groups excluding carboxylic acids is 2. The molecule has 72 valence electrons. The summed E-state index contributed by atoms with van der Waals surface area (Å²) in [5.74, 6) is -2.06. The Hall–Kier alpha value is -1.45. The lowest BCUT2D eigenvalue weighted by atomic mass is 10.1. The first-order valence-electron chi connectivity index (χ1n) is 3.95. The van der Waals surface area contributed by atoms with E-state index in [1.54, 1.807) is 6.92 Å². The maximum Gasteiger partial charge on any atom is 0.340 e. The quantitative estimate of drug-likeness (QED) is 0.309. The van der Waals surface area contributed by atoms with E-state index in [0.717, 1.165) is 6.21 Å². The fraction of sp³-hybridized carbons (Fsp3) is 0.444. The molecular formula is C9H13NO3. The van der Waals surface area contributed by atoms with Crippen molar-refractivity contribution in [3.05, 3.63) is 12.2 Å². The minimum absolute atomic E-state index is 0.174. The highest BCUT2D eigenvalue weighted by Crippen LogP contribution is 2.03. The molecule has 4 heteroatoms. The molecule has 0 aliphatic carbocycles. The fourth-order valence-corrected chi connectivity index (χ4v) is 0.607. The molecule has 0 fully saturated rings. The van der Waals surface area contributed by atoms with Crippen molar-refractivity contribution < 1.29 is 14.3 Å². The van der Waals surface area contributed by atoms with Crippen molar-refractivity contribution in [3.63, 3.8) is 0 Å². The highest BCUT2D eigenvalue weighted by molar-refractivity contribution is 5.99. The van der Waals surface area contributed by atoms with Crippen LogP contribution in [0.25, 0.3) is 0 Å². The molecule has 1 unspecified atom stereocenters. The van der Waals surface area contributed by atoms with Gasteiger partial charge in [0.1, 0.15) is 0 Å². The zero-order valence-corrected chi connectivity index (χ0v) is 7.79. The Bertz CT molecular complexity index is 245. The molecule has 0 aliphatic rings. The molecule has 0 heterocycles.